The Labute approximate surface area is 204 Å². The molecular formula is C28H27N3O4. The summed E-state index contributed by atoms with van der Waals surface area (Å²) < 4.78 is 17.4. The minimum Gasteiger partial charge on any atom is -0.490 e. The molecule has 0 aliphatic carbocycles. The molecule has 2 aromatic carbocycles. The fraction of sp³-hybridized carbons (Fsp3) is 0.179. The van der Waals surface area contributed by atoms with Gasteiger partial charge in [0.15, 0.2) is 11.5 Å². The molecule has 0 atom stereocenters. The van der Waals surface area contributed by atoms with Crippen molar-refractivity contribution in [2.75, 3.05) is 6.61 Å². The molecule has 7 heteroatoms. The predicted octanol–water partition coefficient (Wildman–Crippen LogP) is 4.96. The van der Waals surface area contributed by atoms with Gasteiger partial charge in [-0.05, 0) is 55.0 Å². The van der Waals surface area contributed by atoms with Crippen LogP contribution in [0.2, 0.25) is 0 Å². The van der Waals surface area contributed by atoms with Crippen LogP contribution in [0, 0.1) is 0 Å². The van der Waals surface area contributed by atoms with Crippen LogP contribution < -0.4 is 19.5 Å². The molecule has 0 aliphatic heterocycles. The van der Waals surface area contributed by atoms with Gasteiger partial charge < -0.3 is 19.5 Å². The molecule has 0 bridgehead atoms. The van der Waals surface area contributed by atoms with Gasteiger partial charge in [-0.2, -0.15) is 0 Å². The quantitative estimate of drug-likeness (QED) is 0.334. The summed E-state index contributed by atoms with van der Waals surface area (Å²) >= 11 is 0. The number of pyridine rings is 2. The summed E-state index contributed by atoms with van der Waals surface area (Å²) in [5.41, 5.74) is 3.42. The number of amides is 1. The first-order chi connectivity index (χ1) is 17.2. The first-order valence-electron chi connectivity index (χ1n) is 11.4. The van der Waals surface area contributed by atoms with Gasteiger partial charge in [0.1, 0.15) is 19.0 Å². The number of rotatable bonds is 11. The van der Waals surface area contributed by atoms with Crippen LogP contribution in [0.1, 0.15) is 34.0 Å². The lowest BCUT2D eigenvalue weighted by atomic mass is 10.1. The highest BCUT2D eigenvalue weighted by Gasteiger charge is 2.12. The lowest BCUT2D eigenvalue weighted by Gasteiger charge is -2.14. The summed E-state index contributed by atoms with van der Waals surface area (Å²) in [5, 5.41) is 2.95. The van der Waals surface area contributed by atoms with Gasteiger partial charge in [0.25, 0.3) is 5.91 Å². The van der Waals surface area contributed by atoms with Gasteiger partial charge in [-0.3, -0.25) is 14.8 Å². The molecule has 0 saturated carbocycles. The third-order valence-corrected chi connectivity index (χ3v) is 5.13. The van der Waals surface area contributed by atoms with Gasteiger partial charge in [0.05, 0.1) is 6.61 Å². The zero-order chi connectivity index (χ0) is 24.3. The van der Waals surface area contributed by atoms with E-state index in [2.05, 4.69) is 15.3 Å². The van der Waals surface area contributed by atoms with Crippen molar-refractivity contribution < 1.29 is 19.0 Å². The summed E-state index contributed by atoms with van der Waals surface area (Å²) in [7, 11) is 0. The molecule has 1 amide bonds. The molecule has 2 heterocycles. The summed E-state index contributed by atoms with van der Waals surface area (Å²) in [6.45, 7) is 3.56. The molecule has 4 aromatic rings. The Kier molecular flexibility index (Phi) is 8.27. The molecule has 7 nitrogen and oxygen atoms in total. The van der Waals surface area contributed by atoms with Crippen molar-refractivity contribution in [3.63, 3.8) is 0 Å². The van der Waals surface area contributed by atoms with Gasteiger partial charge in [-0.15, -0.1) is 0 Å². The molecule has 4 rings (SSSR count). The van der Waals surface area contributed by atoms with Crippen LogP contribution >= 0.6 is 0 Å². The van der Waals surface area contributed by atoms with E-state index in [9.17, 15) is 4.79 Å². The van der Waals surface area contributed by atoms with E-state index < -0.39 is 0 Å². The van der Waals surface area contributed by atoms with E-state index in [1.807, 2.05) is 55.5 Å². The van der Waals surface area contributed by atoms with E-state index >= 15 is 0 Å². The van der Waals surface area contributed by atoms with Crippen molar-refractivity contribution in [3.8, 4) is 17.2 Å². The van der Waals surface area contributed by atoms with Crippen LogP contribution in [-0.2, 0) is 19.8 Å². The van der Waals surface area contributed by atoms with Crippen LogP contribution in [0.25, 0.3) is 0 Å². The fourth-order valence-corrected chi connectivity index (χ4v) is 3.32. The van der Waals surface area contributed by atoms with E-state index in [-0.39, 0.29) is 5.91 Å². The van der Waals surface area contributed by atoms with Crippen LogP contribution in [0.15, 0.2) is 91.5 Å². The zero-order valence-corrected chi connectivity index (χ0v) is 19.5. The first kappa shape index (κ1) is 23.8. The first-order valence-corrected chi connectivity index (χ1v) is 11.4. The minimum atomic E-state index is -0.193. The minimum absolute atomic E-state index is 0.193. The standard InChI is InChI=1S/C28H27N3O4/c1-2-33-27-15-24(9-12-26(27)35-20-23-6-4-14-30-17-23)28(32)31-18-21-7-10-25(11-8-21)34-19-22-5-3-13-29-16-22/h3-17H,2,18-20H2,1H3,(H,31,32). The monoisotopic (exact) mass is 469 g/mol. The second kappa shape index (κ2) is 12.2. The number of nitrogens with one attached hydrogen (secondary N) is 1. The Hall–Kier alpha value is -4.39. The largest absolute Gasteiger partial charge is 0.490 e. The van der Waals surface area contributed by atoms with Crippen LogP contribution in [0.3, 0.4) is 0 Å². The Morgan fingerprint density at radius 1 is 0.771 bits per heavy atom. The van der Waals surface area contributed by atoms with Crippen molar-refractivity contribution >= 4 is 5.91 Å². The number of ether oxygens (including phenoxy) is 3. The molecule has 0 unspecified atom stereocenters. The Morgan fingerprint density at radius 2 is 1.46 bits per heavy atom. The molecule has 0 radical (unpaired) electrons. The number of hydrogen-bond acceptors (Lipinski definition) is 6. The highest BCUT2D eigenvalue weighted by Crippen LogP contribution is 2.29. The number of hydrogen-bond donors (Lipinski definition) is 1. The SMILES string of the molecule is CCOc1cc(C(=O)NCc2ccc(OCc3cccnc3)cc2)ccc1OCc1cccnc1. The van der Waals surface area contributed by atoms with Gasteiger partial charge >= 0.3 is 0 Å². The maximum atomic E-state index is 12.7. The molecule has 1 N–H and O–H groups in total. The van der Waals surface area contributed by atoms with Crippen LogP contribution in [-0.4, -0.2) is 22.5 Å². The van der Waals surface area contributed by atoms with Crippen LogP contribution in [0.5, 0.6) is 17.2 Å². The number of carbonyl (C=O) groups excluding carboxylic acids is 1. The lowest BCUT2D eigenvalue weighted by molar-refractivity contribution is 0.0950. The third kappa shape index (κ3) is 7.04. The second-order valence-electron chi connectivity index (χ2n) is 7.72. The average molecular weight is 470 g/mol. The van der Waals surface area contributed by atoms with E-state index in [1.54, 1.807) is 43.0 Å². The van der Waals surface area contributed by atoms with E-state index in [0.717, 1.165) is 22.4 Å². The maximum Gasteiger partial charge on any atom is 0.251 e. The van der Waals surface area contributed by atoms with Gasteiger partial charge in [-0.25, -0.2) is 0 Å². The predicted molar refractivity (Wildman–Crippen MR) is 132 cm³/mol. The van der Waals surface area contributed by atoms with Crippen molar-refractivity contribution in [3.05, 3.63) is 114 Å². The van der Waals surface area contributed by atoms with Gasteiger partial charge in [-0.1, -0.05) is 24.3 Å². The summed E-state index contributed by atoms with van der Waals surface area (Å²) in [6.07, 6.45) is 6.98. The molecule has 0 spiro atoms. The highest BCUT2D eigenvalue weighted by atomic mass is 16.5. The Balaban J connectivity index is 1.31. The molecule has 0 saturated heterocycles. The second-order valence-corrected chi connectivity index (χ2v) is 7.72. The van der Waals surface area contributed by atoms with Crippen molar-refractivity contribution in [2.45, 2.75) is 26.7 Å². The number of nitrogens with zero attached hydrogens (tertiary/aromatic N) is 2. The summed E-state index contributed by atoms with van der Waals surface area (Å²) in [5.74, 6) is 1.67. The Bertz CT molecular complexity index is 1220. The number of aromatic nitrogens is 2. The summed E-state index contributed by atoms with van der Waals surface area (Å²) in [4.78, 5) is 20.9. The molecule has 178 valence electrons. The van der Waals surface area contributed by atoms with Crippen molar-refractivity contribution in [1.29, 1.82) is 0 Å². The third-order valence-electron chi connectivity index (χ3n) is 5.13. The number of benzene rings is 2. The van der Waals surface area contributed by atoms with Crippen molar-refractivity contribution in [1.82, 2.24) is 15.3 Å². The molecule has 35 heavy (non-hydrogen) atoms. The number of carbonyl (C=O) groups is 1. The van der Waals surface area contributed by atoms with E-state index in [1.165, 1.54) is 0 Å². The summed E-state index contributed by atoms with van der Waals surface area (Å²) in [6, 6.07) is 20.5. The Morgan fingerprint density at radius 3 is 2.09 bits per heavy atom. The van der Waals surface area contributed by atoms with E-state index in [4.69, 9.17) is 14.2 Å². The van der Waals surface area contributed by atoms with Gasteiger partial charge in [0.2, 0.25) is 0 Å². The van der Waals surface area contributed by atoms with Crippen molar-refractivity contribution in [2.24, 2.45) is 0 Å². The topological polar surface area (TPSA) is 82.6 Å². The normalized spacial score (nSPS) is 10.4. The zero-order valence-electron chi connectivity index (χ0n) is 19.5. The van der Waals surface area contributed by atoms with Crippen LogP contribution in [0.4, 0.5) is 0 Å². The molecule has 2 aromatic heterocycles. The molecular weight excluding hydrogens is 442 g/mol. The van der Waals surface area contributed by atoms with Gasteiger partial charge in [0, 0.05) is 48.0 Å². The fourth-order valence-electron chi connectivity index (χ4n) is 3.32. The molecule has 0 fully saturated rings. The molecule has 0 aliphatic rings. The highest BCUT2D eigenvalue weighted by molar-refractivity contribution is 5.94. The average Bonchev–Trinajstić information content (AvgIpc) is 2.91. The smallest absolute Gasteiger partial charge is 0.251 e. The maximum absolute atomic E-state index is 12.7. The van der Waals surface area contributed by atoms with E-state index in [0.29, 0.717) is 43.4 Å². The lowest BCUT2D eigenvalue weighted by Crippen LogP contribution is -2.22.